The number of pyridine rings is 1. The lowest BCUT2D eigenvalue weighted by Gasteiger charge is -2.07. The summed E-state index contributed by atoms with van der Waals surface area (Å²) in [6, 6.07) is 10.1. The van der Waals surface area contributed by atoms with Gasteiger partial charge >= 0.3 is 0 Å². The molecule has 2 aromatic heterocycles. The first-order chi connectivity index (χ1) is 9.15. The molecule has 0 radical (unpaired) electrons. The second-order valence-electron chi connectivity index (χ2n) is 4.26. The summed E-state index contributed by atoms with van der Waals surface area (Å²) in [5, 5.41) is 0.851. The zero-order chi connectivity index (χ0) is 13.4. The largest absolute Gasteiger partial charge is 0.383 e. The van der Waals surface area contributed by atoms with E-state index in [0.717, 1.165) is 27.9 Å². The number of fused-ring (bicyclic) bond motifs is 1. The van der Waals surface area contributed by atoms with E-state index in [0.29, 0.717) is 5.82 Å². The van der Waals surface area contributed by atoms with E-state index in [4.69, 9.17) is 5.73 Å². The Morgan fingerprint density at radius 3 is 2.79 bits per heavy atom. The SMILES string of the molecule is Cc1nc(-c2cccc(I)c2)cc2c(N)ncnc12. The number of aryl methyl sites for hydroxylation is 1. The molecular formula is C14H11IN4. The Kier molecular flexibility index (Phi) is 3.06. The summed E-state index contributed by atoms with van der Waals surface area (Å²) in [5.41, 5.74) is 9.55. The van der Waals surface area contributed by atoms with E-state index in [1.807, 2.05) is 25.1 Å². The molecule has 1 aromatic carbocycles. The Hall–Kier alpha value is -1.76. The van der Waals surface area contributed by atoms with Crippen molar-refractivity contribution < 1.29 is 0 Å². The van der Waals surface area contributed by atoms with Gasteiger partial charge in [0, 0.05) is 14.5 Å². The van der Waals surface area contributed by atoms with Gasteiger partial charge in [0.1, 0.15) is 12.1 Å². The molecule has 3 rings (SSSR count). The molecule has 0 atom stereocenters. The molecule has 0 spiro atoms. The van der Waals surface area contributed by atoms with Crippen LogP contribution in [0, 0.1) is 10.5 Å². The molecule has 5 heteroatoms. The van der Waals surface area contributed by atoms with Crippen molar-refractivity contribution in [3.05, 3.63) is 45.9 Å². The van der Waals surface area contributed by atoms with Gasteiger partial charge in [-0.1, -0.05) is 12.1 Å². The molecule has 0 saturated heterocycles. The van der Waals surface area contributed by atoms with E-state index in [-0.39, 0.29) is 0 Å². The molecule has 0 amide bonds. The fourth-order valence-corrected chi connectivity index (χ4v) is 2.58. The number of hydrogen-bond acceptors (Lipinski definition) is 4. The van der Waals surface area contributed by atoms with E-state index < -0.39 is 0 Å². The fraction of sp³-hybridized carbons (Fsp3) is 0.0714. The zero-order valence-electron chi connectivity index (χ0n) is 10.3. The van der Waals surface area contributed by atoms with Crippen molar-refractivity contribution in [2.24, 2.45) is 0 Å². The molecular weight excluding hydrogens is 351 g/mol. The maximum absolute atomic E-state index is 5.92. The third-order valence-corrected chi connectivity index (χ3v) is 3.62. The van der Waals surface area contributed by atoms with Crippen molar-refractivity contribution in [2.45, 2.75) is 6.92 Å². The average Bonchev–Trinajstić information content (AvgIpc) is 2.40. The number of hydrogen-bond donors (Lipinski definition) is 1. The van der Waals surface area contributed by atoms with Gasteiger partial charge < -0.3 is 5.73 Å². The second-order valence-corrected chi connectivity index (χ2v) is 5.50. The lowest BCUT2D eigenvalue weighted by Crippen LogP contribution is -1.97. The molecule has 2 heterocycles. The minimum atomic E-state index is 0.488. The third-order valence-electron chi connectivity index (χ3n) is 2.95. The first-order valence-electron chi connectivity index (χ1n) is 5.79. The number of aromatic nitrogens is 3. The lowest BCUT2D eigenvalue weighted by atomic mass is 10.1. The Balaban J connectivity index is 2.29. The molecule has 2 N–H and O–H groups in total. The number of nitrogens with two attached hydrogens (primary N) is 1. The molecule has 0 bridgehead atoms. The van der Waals surface area contributed by atoms with E-state index in [2.05, 4.69) is 49.7 Å². The van der Waals surface area contributed by atoms with Crippen LogP contribution in [0.5, 0.6) is 0 Å². The normalized spacial score (nSPS) is 10.8. The van der Waals surface area contributed by atoms with Gasteiger partial charge in [-0.25, -0.2) is 9.97 Å². The monoisotopic (exact) mass is 362 g/mol. The van der Waals surface area contributed by atoms with Crippen molar-refractivity contribution in [1.82, 2.24) is 15.0 Å². The highest BCUT2D eigenvalue weighted by Gasteiger charge is 2.08. The molecule has 0 unspecified atom stereocenters. The van der Waals surface area contributed by atoms with Crippen molar-refractivity contribution in [2.75, 3.05) is 5.73 Å². The van der Waals surface area contributed by atoms with Crippen molar-refractivity contribution in [3.63, 3.8) is 0 Å². The Morgan fingerprint density at radius 1 is 1.16 bits per heavy atom. The van der Waals surface area contributed by atoms with Crippen LogP contribution in [0.3, 0.4) is 0 Å². The summed E-state index contributed by atoms with van der Waals surface area (Å²) in [7, 11) is 0. The van der Waals surface area contributed by atoms with Crippen molar-refractivity contribution in [3.8, 4) is 11.3 Å². The maximum atomic E-state index is 5.92. The highest BCUT2D eigenvalue weighted by molar-refractivity contribution is 14.1. The summed E-state index contributed by atoms with van der Waals surface area (Å²) in [5.74, 6) is 0.488. The highest BCUT2D eigenvalue weighted by Crippen LogP contribution is 2.26. The van der Waals surface area contributed by atoms with E-state index >= 15 is 0 Å². The van der Waals surface area contributed by atoms with Crippen molar-refractivity contribution >= 4 is 39.3 Å². The summed E-state index contributed by atoms with van der Waals surface area (Å²) >= 11 is 2.29. The molecule has 3 aromatic rings. The molecule has 0 aliphatic carbocycles. The zero-order valence-corrected chi connectivity index (χ0v) is 12.4. The summed E-state index contributed by atoms with van der Waals surface area (Å²) < 4.78 is 1.17. The van der Waals surface area contributed by atoms with E-state index in [9.17, 15) is 0 Å². The average molecular weight is 362 g/mol. The molecule has 0 saturated carbocycles. The van der Waals surface area contributed by atoms with Crippen LogP contribution in [-0.4, -0.2) is 15.0 Å². The number of benzene rings is 1. The van der Waals surface area contributed by atoms with Crippen LogP contribution in [0.1, 0.15) is 5.69 Å². The first-order valence-corrected chi connectivity index (χ1v) is 6.87. The van der Waals surface area contributed by atoms with Gasteiger partial charge in [-0.15, -0.1) is 0 Å². The summed E-state index contributed by atoms with van der Waals surface area (Å²) in [4.78, 5) is 12.9. The van der Waals surface area contributed by atoms with Crippen LogP contribution in [0.2, 0.25) is 0 Å². The first kappa shape index (κ1) is 12.3. The quantitative estimate of drug-likeness (QED) is 0.676. The second kappa shape index (κ2) is 4.73. The Morgan fingerprint density at radius 2 is 2.00 bits per heavy atom. The minimum absolute atomic E-state index is 0.488. The lowest BCUT2D eigenvalue weighted by molar-refractivity contribution is 1.17. The predicted molar refractivity (Wildman–Crippen MR) is 84.6 cm³/mol. The minimum Gasteiger partial charge on any atom is -0.383 e. The number of nitrogen functional groups attached to an aromatic ring is 1. The highest BCUT2D eigenvalue weighted by atomic mass is 127. The molecule has 0 aliphatic heterocycles. The third kappa shape index (κ3) is 2.25. The Labute approximate surface area is 124 Å². The van der Waals surface area contributed by atoms with Gasteiger partial charge in [0.25, 0.3) is 0 Å². The van der Waals surface area contributed by atoms with E-state index in [1.54, 1.807) is 0 Å². The van der Waals surface area contributed by atoms with Crippen molar-refractivity contribution in [1.29, 1.82) is 0 Å². The molecule has 0 fully saturated rings. The van der Waals surface area contributed by atoms with Gasteiger partial charge in [-0.05, 0) is 47.7 Å². The fourth-order valence-electron chi connectivity index (χ4n) is 2.04. The van der Waals surface area contributed by atoms with Gasteiger partial charge in [-0.3, -0.25) is 4.98 Å². The Bertz CT molecular complexity index is 770. The van der Waals surface area contributed by atoms with Crippen LogP contribution in [0.25, 0.3) is 22.2 Å². The molecule has 4 nitrogen and oxygen atoms in total. The molecule has 94 valence electrons. The smallest absolute Gasteiger partial charge is 0.134 e. The topological polar surface area (TPSA) is 64.7 Å². The number of halogens is 1. The van der Waals surface area contributed by atoms with Gasteiger partial charge in [-0.2, -0.15) is 0 Å². The van der Waals surface area contributed by atoms with Crippen LogP contribution < -0.4 is 5.73 Å². The maximum Gasteiger partial charge on any atom is 0.134 e. The number of rotatable bonds is 1. The van der Waals surface area contributed by atoms with Gasteiger partial charge in [0.2, 0.25) is 0 Å². The van der Waals surface area contributed by atoms with Gasteiger partial charge in [0.15, 0.2) is 0 Å². The van der Waals surface area contributed by atoms with E-state index in [1.165, 1.54) is 9.90 Å². The van der Waals surface area contributed by atoms with Gasteiger partial charge in [0.05, 0.1) is 16.9 Å². The van der Waals surface area contributed by atoms with Crippen LogP contribution >= 0.6 is 22.6 Å². The standard InChI is InChI=1S/C14H11IN4/c1-8-13-11(14(16)18-7-17-13)6-12(19-8)9-3-2-4-10(15)5-9/h2-7H,1H3,(H2,16,17,18). The summed E-state index contributed by atoms with van der Waals surface area (Å²) in [6.45, 7) is 1.94. The van der Waals surface area contributed by atoms with Crippen LogP contribution in [0.15, 0.2) is 36.7 Å². The number of nitrogens with zero attached hydrogens (tertiary/aromatic N) is 3. The van der Waals surface area contributed by atoms with Crippen LogP contribution in [-0.2, 0) is 0 Å². The summed E-state index contributed by atoms with van der Waals surface area (Å²) in [6.07, 6.45) is 1.47. The number of anilines is 1. The molecule has 0 aliphatic rings. The molecule has 19 heavy (non-hydrogen) atoms. The van der Waals surface area contributed by atoms with Crippen LogP contribution in [0.4, 0.5) is 5.82 Å². The predicted octanol–water partition coefficient (Wildman–Crippen LogP) is 3.19.